The first-order chi connectivity index (χ1) is 12.7. The van der Waals surface area contributed by atoms with E-state index in [2.05, 4.69) is 6.92 Å². The molecule has 1 atom stereocenters. The maximum Gasteiger partial charge on any atom is 0.410 e. The van der Waals surface area contributed by atoms with Gasteiger partial charge in [-0.2, -0.15) is 0 Å². The molecule has 1 aliphatic heterocycles. The summed E-state index contributed by atoms with van der Waals surface area (Å²) >= 11 is 0. The Morgan fingerprint density at radius 3 is 2.00 bits per heavy atom. The molecule has 0 spiro atoms. The number of nitrogens with zero attached hydrogens (tertiary/aromatic N) is 1. The zero-order valence-electron chi connectivity index (χ0n) is 17.0. The lowest BCUT2D eigenvalue weighted by atomic mass is 10.1. The monoisotopic (exact) mass is 369 g/mol. The fraction of sp³-hybridized carbons (Fsp3) is 0.905. The van der Waals surface area contributed by atoms with E-state index in [1.54, 1.807) is 6.92 Å². The molecule has 0 bridgehead atoms. The van der Waals surface area contributed by atoms with Gasteiger partial charge in [0.05, 0.1) is 13.2 Å². The number of carbonyl (C=O) groups excluding carboxylic acids is 2. The fourth-order valence-electron chi connectivity index (χ4n) is 3.47. The van der Waals surface area contributed by atoms with Gasteiger partial charge in [-0.05, 0) is 26.2 Å². The second-order valence-corrected chi connectivity index (χ2v) is 7.25. The second kappa shape index (κ2) is 14.9. The molecule has 0 aliphatic carbocycles. The molecule has 26 heavy (non-hydrogen) atoms. The summed E-state index contributed by atoms with van der Waals surface area (Å²) in [5, 5.41) is 0. The van der Waals surface area contributed by atoms with Crippen LogP contribution in [0.2, 0.25) is 0 Å². The van der Waals surface area contributed by atoms with Crippen molar-refractivity contribution in [2.45, 2.75) is 103 Å². The number of hydrogen-bond acceptors (Lipinski definition) is 4. The van der Waals surface area contributed by atoms with Crippen LogP contribution in [0.5, 0.6) is 0 Å². The summed E-state index contributed by atoms with van der Waals surface area (Å²) in [6, 6.07) is -0.457. The molecule has 0 saturated carbocycles. The molecule has 1 saturated heterocycles. The molecular formula is C21H39NO4. The van der Waals surface area contributed by atoms with Gasteiger partial charge in [-0.1, -0.05) is 71.1 Å². The van der Waals surface area contributed by atoms with Crippen LogP contribution < -0.4 is 0 Å². The molecule has 152 valence electrons. The number of unbranched alkanes of at least 4 members (excludes halogenated alkanes) is 10. The second-order valence-electron chi connectivity index (χ2n) is 7.25. The van der Waals surface area contributed by atoms with Gasteiger partial charge in [0.2, 0.25) is 0 Å². The number of carbonyl (C=O) groups is 2. The molecular weight excluding hydrogens is 330 g/mol. The Bertz CT molecular complexity index is 386. The van der Waals surface area contributed by atoms with Gasteiger partial charge >= 0.3 is 12.1 Å². The topological polar surface area (TPSA) is 55.8 Å². The van der Waals surface area contributed by atoms with Gasteiger partial charge in [0.25, 0.3) is 0 Å². The first-order valence-electron chi connectivity index (χ1n) is 10.8. The SMILES string of the molecule is CCCCCCCCCCCCCOC(=O)[C@@H]1CCCN1C(=O)OCC. The molecule has 5 nitrogen and oxygen atoms in total. The highest BCUT2D eigenvalue weighted by molar-refractivity contribution is 5.82. The summed E-state index contributed by atoms with van der Waals surface area (Å²) in [7, 11) is 0. The highest BCUT2D eigenvalue weighted by atomic mass is 16.6. The largest absolute Gasteiger partial charge is 0.464 e. The van der Waals surface area contributed by atoms with Crippen molar-refractivity contribution in [3.05, 3.63) is 0 Å². The smallest absolute Gasteiger partial charge is 0.410 e. The average Bonchev–Trinajstić information content (AvgIpc) is 3.12. The van der Waals surface area contributed by atoms with Crippen molar-refractivity contribution in [1.29, 1.82) is 0 Å². The molecule has 0 aromatic rings. The Kier molecular flexibility index (Phi) is 13.0. The third kappa shape index (κ3) is 9.44. The van der Waals surface area contributed by atoms with E-state index in [0.717, 1.165) is 19.3 Å². The normalized spacial score (nSPS) is 16.7. The Balaban J connectivity index is 1.99. The van der Waals surface area contributed by atoms with E-state index in [1.807, 2.05) is 0 Å². The van der Waals surface area contributed by atoms with Gasteiger partial charge in [0.1, 0.15) is 6.04 Å². The van der Waals surface area contributed by atoms with Crippen LogP contribution in [0, 0.1) is 0 Å². The maximum absolute atomic E-state index is 12.2. The van der Waals surface area contributed by atoms with Crippen LogP contribution >= 0.6 is 0 Å². The lowest BCUT2D eigenvalue weighted by Crippen LogP contribution is -2.41. The molecule has 5 heteroatoms. The van der Waals surface area contributed by atoms with E-state index in [4.69, 9.17) is 9.47 Å². The van der Waals surface area contributed by atoms with Crippen LogP contribution in [0.25, 0.3) is 0 Å². The number of hydrogen-bond donors (Lipinski definition) is 0. The van der Waals surface area contributed by atoms with Crippen LogP contribution in [0.15, 0.2) is 0 Å². The lowest BCUT2D eigenvalue weighted by Gasteiger charge is -2.22. The summed E-state index contributed by atoms with van der Waals surface area (Å²) in [4.78, 5) is 25.5. The summed E-state index contributed by atoms with van der Waals surface area (Å²) in [6.07, 6.45) is 15.1. The molecule has 1 fully saturated rings. The van der Waals surface area contributed by atoms with Gasteiger partial charge < -0.3 is 9.47 Å². The Morgan fingerprint density at radius 2 is 1.42 bits per heavy atom. The van der Waals surface area contributed by atoms with Crippen molar-refractivity contribution < 1.29 is 19.1 Å². The zero-order chi connectivity index (χ0) is 19.0. The van der Waals surface area contributed by atoms with Crippen LogP contribution in [-0.4, -0.2) is 42.8 Å². The summed E-state index contributed by atoms with van der Waals surface area (Å²) in [5.41, 5.74) is 0. The first-order valence-corrected chi connectivity index (χ1v) is 10.8. The predicted molar refractivity (Wildman–Crippen MR) is 104 cm³/mol. The summed E-state index contributed by atoms with van der Waals surface area (Å²) in [6.45, 7) is 5.39. The van der Waals surface area contributed by atoms with Gasteiger partial charge in [0, 0.05) is 6.54 Å². The highest BCUT2D eigenvalue weighted by Gasteiger charge is 2.36. The molecule has 0 aromatic carbocycles. The zero-order valence-corrected chi connectivity index (χ0v) is 17.0. The number of likely N-dealkylation sites (tertiary alicyclic amines) is 1. The first kappa shape index (κ1) is 22.8. The van der Waals surface area contributed by atoms with Gasteiger partial charge in [-0.3, -0.25) is 4.90 Å². The average molecular weight is 370 g/mol. The van der Waals surface area contributed by atoms with E-state index in [0.29, 0.717) is 26.2 Å². The standard InChI is InChI=1S/C21H39NO4/c1-3-5-6-7-8-9-10-11-12-13-14-18-26-20(23)19-16-15-17-22(19)21(24)25-4-2/h19H,3-18H2,1-2H3/t19-/m0/s1. The van der Waals surface area contributed by atoms with E-state index >= 15 is 0 Å². The number of ether oxygens (including phenoxy) is 2. The molecule has 0 N–H and O–H groups in total. The molecule has 1 heterocycles. The van der Waals surface area contributed by atoms with Gasteiger partial charge in [-0.15, -0.1) is 0 Å². The van der Waals surface area contributed by atoms with Crippen LogP contribution in [-0.2, 0) is 14.3 Å². The minimum Gasteiger partial charge on any atom is -0.464 e. The molecule has 0 radical (unpaired) electrons. The van der Waals surface area contributed by atoms with E-state index in [1.165, 1.54) is 62.7 Å². The molecule has 0 unspecified atom stereocenters. The van der Waals surface area contributed by atoms with Crippen molar-refractivity contribution in [2.24, 2.45) is 0 Å². The van der Waals surface area contributed by atoms with Crippen LogP contribution in [0.4, 0.5) is 4.79 Å². The Morgan fingerprint density at radius 1 is 0.846 bits per heavy atom. The van der Waals surface area contributed by atoms with Gasteiger partial charge in [-0.25, -0.2) is 9.59 Å². The van der Waals surface area contributed by atoms with Crippen molar-refractivity contribution >= 4 is 12.1 Å². The van der Waals surface area contributed by atoms with E-state index in [-0.39, 0.29) is 5.97 Å². The van der Waals surface area contributed by atoms with E-state index in [9.17, 15) is 9.59 Å². The fourth-order valence-corrected chi connectivity index (χ4v) is 3.47. The van der Waals surface area contributed by atoms with Crippen molar-refractivity contribution in [3.63, 3.8) is 0 Å². The van der Waals surface area contributed by atoms with Crippen molar-refractivity contribution in [1.82, 2.24) is 4.90 Å². The van der Waals surface area contributed by atoms with Crippen LogP contribution in [0.1, 0.15) is 97.3 Å². The number of esters is 1. The maximum atomic E-state index is 12.2. The molecule has 0 aromatic heterocycles. The quantitative estimate of drug-likeness (QED) is 0.301. The minimum atomic E-state index is -0.457. The Labute approximate surface area is 159 Å². The minimum absolute atomic E-state index is 0.275. The van der Waals surface area contributed by atoms with Crippen molar-refractivity contribution in [3.8, 4) is 0 Å². The highest BCUT2D eigenvalue weighted by Crippen LogP contribution is 2.20. The molecule has 1 aliphatic rings. The number of rotatable bonds is 14. The third-order valence-electron chi connectivity index (χ3n) is 5.02. The third-order valence-corrected chi connectivity index (χ3v) is 5.02. The lowest BCUT2D eigenvalue weighted by molar-refractivity contribution is -0.148. The molecule has 1 amide bonds. The summed E-state index contributed by atoms with van der Waals surface area (Å²) in [5.74, 6) is -0.275. The number of amides is 1. The van der Waals surface area contributed by atoms with Crippen molar-refractivity contribution in [2.75, 3.05) is 19.8 Å². The summed E-state index contributed by atoms with van der Waals surface area (Å²) < 4.78 is 10.4. The van der Waals surface area contributed by atoms with E-state index < -0.39 is 12.1 Å². The molecule has 1 rings (SSSR count). The van der Waals surface area contributed by atoms with Crippen LogP contribution in [0.3, 0.4) is 0 Å². The predicted octanol–water partition coefficient (Wildman–Crippen LogP) is 5.46. The Hall–Kier alpha value is -1.26. The van der Waals surface area contributed by atoms with Gasteiger partial charge in [0.15, 0.2) is 0 Å².